The van der Waals surface area contributed by atoms with Crippen molar-refractivity contribution in [3.63, 3.8) is 0 Å². The maximum absolute atomic E-state index is 12.8. The Morgan fingerprint density at radius 2 is 1.56 bits per heavy atom. The predicted molar refractivity (Wildman–Crippen MR) is 118 cm³/mol. The molecule has 1 heterocycles. The molecule has 3 amide bonds. The van der Waals surface area contributed by atoms with Crippen LogP contribution in [0.2, 0.25) is 0 Å². The van der Waals surface area contributed by atoms with Crippen LogP contribution in [0.3, 0.4) is 0 Å². The number of hydrogen-bond acceptors (Lipinski definition) is 5. The van der Waals surface area contributed by atoms with Crippen LogP contribution in [0.25, 0.3) is 0 Å². The van der Waals surface area contributed by atoms with Gasteiger partial charge in [-0.3, -0.25) is 19.3 Å². The molecule has 3 aromatic carbocycles. The lowest BCUT2D eigenvalue weighted by molar-refractivity contribution is -0.0498. The zero-order valence-corrected chi connectivity index (χ0v) is 18.1. The number of carbonyl (C=O) groups excluding carboxylic acids is 3. The summed E-state index contributed by atoms with van der Waals surface area (Å²) in [6, 6.07) is 17.3. The topological polar surface area (TPSA) is 84.9 Å². The number of nitrogens with one attached hydrogen (secondary N) is 1. The largest absolute Gasteiger partial charge is 0.496 e. The Morgan fingerprint density at radius 3 is 2.15 bits per heavy atom. The third kappa shape index (κ3) is 4.73. The van der Waals surface area contributed by atoms with Crippen LogP contribution in [0.1, 0.15) is 42.2 Å². The molecule has 0 atom stereocenters. The zero-order chi connectivity index (χ0) is 24.2. The number of carbonyl (C=O) groups is 3. The van der Waals surface area contributed by atoms with Gasteiger partial charge in [-0.05, 0) is 47.5 Å². The van der Waals surface area contributed by atoms with Crippen molar-refractivity contribution < 1.29 is 32.6 Å². The summed E-state index contributed by atoms with van der Waals surface area (Å²) >= 11 is 0. The van der Waals surface area contributed by atoms with Crippen LogP contribution in [0.5, 0.6) is 11.5 Å². The molecule has 7 nitrogen and oxygen atoms in total. The smallest absolute Gasteiger partial charge is 0.387 e. The van der Waals surface area contributed by atoms with Crippen molar-refractivity contribution in [2.24, 2.45) is 0 Å². The molecule has 0 aliphatic carbocycles. The molecule has 34 heavy (non-hydrogen) atoms. The molecule has 174 valence electrons. The first-order valence-corrected chi connectivity index (χ1v) is 10.3. The highest BCUT2D eigenvalue weighted by Gasteiger charge is 2.35. The molecule has 0 saturated heterocycles. The number of fused-ring (bicyclic) bond motifs is 1. The van der Waals surface area contributed by atoms with Gasteiger partial charge in [-0.2, -0.15) is 8.78 Å². The highest BCUT2D eigenvalue weighted by atomic mass is 19.3. The van der Waals surface area contributed by atoms with E-state index >= 15 is 0 Å². The van der Waals surface area contributed by atoms with E-state index in [1.54, 1.807) is 54.6 Å². The first-order valence-electron chi connectivity index (χ1n) is 10.3. The van der Waals surface area contributed by atoms with E-state index < -0.39 is 12.5 Å². The van der Waals surface area contributed by atoms with Crippen molar-refractivity contribution >= 4 is 17.7 Å². The maximum Gasteiger partial charge on any atom is 0.387 e. The monoisotopic (exact) mass is 466 g/mol. The number of hydrogen-bond donors (Lipinski definition) is 1. The number of alkyl halides is 2. The van der Waals surface area contributed by atoms with Gasteiger partial charge in [-0.1, -0.05) is 30.3 Å². The quantitative estimate of drug-likeness (QED) is 0.507. The summed E-state index contributed by atoms with van der Waals surface area (Å²) in [5.74, 6) is -0.866. The molecule has 0 bridgehead atoms. The second-order valence-electron chi connectivity index (χ2n) is 7.48. The second-order valence-corrected chi connectivity index (χ2v) is 7.48. The third-order valence-electron chi connectivity index (χ3n) is 5.33. The number of ether oxygens (including phenoxy) is 2. The van der Waals surface area contributed by atoms with Crippen LogP contribution in [-0.2, 0) is 13.1 Å². The van der Waals surface area contributed by atoms with E-state index in [-0.39, 0.29) is 36.2 Å². The second kappa shape index (κ2) is 9.70. The van der Waals surface area contributed by atoms with Gasteiger partial charge in [0.2, 0.25) is 0 Å². The fourth-order valence-electron chi connectivity index (χ4n) is 3.66. The van der Waals surface area contributed by atoms with E-state index in [4.69, 9.17) is 4.74 Å². The van der Waals surface area contributed by atoms with E-state index in [1.165, 1.54) is 19.2 Å². The summed E-state index contributed by atoms with van der Waals surface area (Å²) in [5, 5.41) is 2.75. The van der Waals surface area contributed by atoms with Gasteiger partial charge in [0.25, 0.3) is 17.7 Å². The Labute approximate surface area is 193 Å². The van der Waals surface area contributed by atoms with Crippen molar-refractivity contribution in [2.75, 3.05) is 7.11 Å². The Balaban J connectivity index is 1.46. The number of amides is 3. The number of rotatable bonds is 8. The van der Waals surface area contributed by atoms with Crippen molar-refractivity contribution in [3.8, 4) is 11.5 Å². The fraction of sp³-hybridized carbons (Fsp3) is 0.160. The first-order chi connectivity index (χ1) is 16.4. The Kier molecular flexibility index (Phi) is 6.53. The van der Waals surface area contributed by atoms with E-state index in [1.807, 2.05) is 0 Å². The molecule has 0 saturated carbocycles. The highest BCUT2D eigenvalue weighted by molar-refractivity contribution is 6.21. The molecule has 9 heteroatoms. The van der Waals surface area contributed by atoms with Gasteiger partial charge >= 0.3 is 6.61 Å². The molecule has 0 radical (unpaired) electrons. The van der Waals surface area contributed by atoms with Crippen LogP contribution < -0.4 is 14.8 Å². The van der Waals surface area contributed by atoms with Crippen LogP contribution >= 0.6 is 0 Å². The van der Waals surface area contributed by atoms with Crippen molar-refractivity contribution in [2.45, 2.75) is 19.7 Å². The first kappa shape index (κ1) is 22.9. The number of imide groups is 1. The molecule has 0 fully saturated rings. The van der Waals surface area contributed by atoms with Gasteiger partial charge in [-0.15, -0.1) is 0 Å². The lowest BCUT2D eigenvalue weighted by atomic mass is 10.1. The van der Waals surface area contributed by atoms with Crippen molar-refractivity contribution in [1.29, 1.82) is 0 Å². The van der Waals surface area contributed by atoms with Gasteiger partial charge in [-0.25, -0.2) is 0 Å². The Morgan fingerprint density at radius 1 is 0.941 bits per heavy atom. The Hall–Kier alpha value is -4.27. The SMILES string of the molecule is COc1ccc(CN2C(=O)c3ccccc3C2=O)cc1C(=O)NCc1ccc(OC(F)F)cc1. The van der Waals surface area contributed by atoms with E-state index in [9.17, 15) is 23.2 Å². The van der Waals surface area contributed by atoms with Gasteiger partial charge in [0, 0.05) is 6.54 Å². The lowest BCUT2D eigenvalue weighted by Crippen LogP contribution is -2.29. The fourth-order valence-corrected chi connectivity index (χ4v) is 3.66. The van der Waals surface area contributed by atoms with Gasteiger partial charge in [0.1, 0.15) is 11.5 Å². The van der Waals surface area contributed by atoms with Crippen molar-refractivity contribution in [1.82, 2.24) is 10.2 Å². The van der Waals surface area contributed by atoms with Gasteiger partial charge in [0.15, 0.2) is 0 Å². The van der Waals surface area contributed by atoms with Crippen LogP contribution in [0.15, 0.2) is 66.7 Å². The molecule has 1 N–H and O–H groups in total. The maximum atomic E-state index is 12.8. The molecule has 1 aliphatic rings. The average Bonchev–Trinajstić information content (AvgIpc) is 3.08. The summed E-state index contributed by atoms with van der Waals surface area (Å²) in [6.07, 6.45) is 0. The number of methoxy groups -OCH3 is 1. The van der Waals surface area contributed by atoms with Crippen LogP contribution in [0, 0.1) is 0 Å². The number of nitrogens with zero attached hydrogens (tertiary/aromatic N) is 1. The summed E-state index contributed by atoms with van der Waals surface area (Å²) in [4.78, 5) is 39.3. The molecule has 1 aliphatic heterocycles. The van der Waals surface area contributed by atoms with Gasteiger partial charge < -0.3 is 14.8 Å². The molecule has 3 aromatic rings. The van der Waals surface area contributed by atoms with E-state index in [0.29, 0.717) is 28.0 Å². The van der Waals surface area contributed by atoms with Crippen LogP contribution in [0.4, 0.5) is 8.78 Å². The molecular formula is C25H20F2N2O5. The average molecular weight is 466 g/mol. The highest BCUT2D eigenvalue weighted by Crippen LogP contribution is 2.26. The lowest BCUT2D eigenvalue weighted by Gasteiger charge is -2.16. The minimum Gasteiger partial charge on any atom is -0.496 e. The predicted octanol–water partition coefficient (Wildman–Crippen LogP) is 4.02. The number of benzene rings is 3. The normalized spacial score (nSPS) is 12.6. The van der Waals surface area contributed by atoms with Crippen LogP contribution in [-0.4, -0.2) is 36.3 Å². The number of halogens is 2. The molecule has 0 unspecified atom stereocenters. The molecule has 0 spiro atoms. The minimum atomic E-state index is -2.91. The summed E-state index contributed by atoms with van der Waals surface area (Å²) in [5.41, 5.74) is 2.19. The molecule has 0 aromatic heterocycles. The van der Waals surface area contributed by atoms with Gasteiger partial charge in [0.05, 0.1) is 30.3 Å². The summed E-state index contributed by atoms with van der Waals surface area (Å²) < 4.78 is 34.2. The standard InChI is InChI=1S/C25H20F2N2O5/c1-33-21-11-8-16(14-29-23(31)18-4-2-3-5-19(18)24(29)32)12-20(21)22(30)28-13-15-6-9-17(10-7-15)34-25(26)27/h2-12,25H,13-14H2,1H3,(H,28,30). The molecule has 4 rings (SSSR count). The van der Waals surface area contributed by atoms with Crippen molar-refractivity contribution in [3.05, 3.63) is 94.5 Å². The summed E-state index contributed by atoms with van der Waals surface area (Å²) in [7, 11) is 1.43. The zero-order valence-electron chi connectivity index (χ0n) is 18.1. The third-order valence-corrected chi connectivity index (χ3v) is 5.33. The molecular weight excluding hydrogens is 446 g/mol. The Bertz CT molecular complexity index is 1210. The summed E-state index contributed by atoms with van der Waals surface area (Å²) in [6.45, 7) is -2.77. The van der Waals surface area contributed by atoms with E-state index in [0.717, 1.165) is 4.90 Å². The minimum absolute atomic E-state index is 0.00220. The van der Waals surface area contributed by atoms with E-state index in [2.05, 4.69) is 10.1 Å².